The number of carbonyl (C=O) groups excluding carboxylic acids is 1. The summed E-state index contributed by atoms with van der Waals surface area (Å²) in [5.41, 5.74) is 0.906. The zero-order valence-corrected chi connectivity index (χ0v) is 14.0. The highest BCUT2D eigenvalue weighted by molar-refractivity contribution is 5.93. The van der Waals surface area contributed by atoms with Gasteiger partial charge < -0.3 is 10.4 Å². The number of amides is 1. The monoisotopic (exact) mass is 317 g/mol. The molecule has 23 heavy (non-hydrogen) atoms. The summed E-state index contributed by atoms with van der Waals surface area (Å²) in [6.07, 6.45) is 3.55. The SMILES string of the molecule is Cc1ccc2ncc(C(=O)NC(CO)CC(C)(C)C)c(=O)n2c1. The number of nitrogens with zero attached hydrogens (tertiary/aromatic N) is 2. The van der Waals surface area contributed by atoms with E-state index >= 15 is 0 Å². The van der Waals surface area contributed by atoms with E-state index < -0.39 is 17.5 Å². The Morgan fingerprint density at radius 1 is 1.39 bits per heavy atom. The van der Waals surface area contributed by atoms with E-state index in [0.717, 1.165) is 5.56 Å². The molecule has 0 radical (unpaired) electrons. The van der Waals surface area contributed by atoms with Crippen LogP contribution in [0.4, 0.5) is 0 Å². The van der Waals surface area contributed by atoms with Crippen LogP contribution in [0.1, 0.15) is 43.1 Å². The molecule has 1 atom stereocenters. The van der Waals surface area contributed by atoms with Gasteiger partial charge in [-0.1, -0.05) is 26.8 Å². The van der Waals surface area contributed by atoms with Gasteiger partial charge in [0.05, 0.1) is 12.6 Å². The van der Waals surface area contributed by atoms with Crippen LogP contribution in [0.5, 0.6) is 0 Å². The fourth-order valence-corrected chi connectivity index (χ4v) is 2.50. The molecular weight excluding hydrogens is 294 g/mol. The van der Waals surface area contributed by atoms with Crippen molar-refractivity contribution in [3.8, 4) is 0 Å². The van der Waals surface area contributed by atoms with Crippen LogP contribution in [-0.2, 0) is 0 Å². The minimum atomic E-state index is -0.512. The van der Waals surface area contributed by atoms with Crippen LogP contribution >= 0.6 is 0 Å². The summed E-state index contributed by atoms with van der Waals surface area (Å²) in [6, 6.07) is 3.18. The molecule has 0 bridgehead atoms. The molecule has 2 aromatic heterocycles. The van der Waals surface area contributed by atoms with Crippen LogP contribution in [0, 0.1) is 12.3 Å². The fraction of sp³-hybridized carbons (Fsp3) is 0.471. The van der Waals surface area contributed by atoms with Crippen LogP contribution in [0.3, 0.4) is 0 Å². The van der Waals surface area contributed by atoms with E-state index in [0.29, 0.717) is 12.1 Å². The quantitative estimate of drug-likeness (QED) is 0.896. The van der Waals surface area contributed by atoms with Crippen LogP contribution in [0.15, 0.2) is 29.3 Å². The highest BCUT2D eigenvalue weighted by Gasteiger charge is 2.22. The maximum atomic E-state index is 12.5. The predicted molar refractivity (Wildman–Crippen MR) is 88.6 cm³/mol. The molecule has 0 aliphatic carbocycles. The lowest BCUT2D eigenvalue weighted by Crippen LogP contribution is -2.42. The topological polar surface area (TPSA) is 83.7 Å². The number of nitrogens with one attached hydrogen (secondary N) is 1. The van der Waals surface area contributed by atoms with Gasteiger partial charge in [0.25, 0.3) is 11.5 Å². The molecule has 0 fully saturated rings. The zero-order valence-electron chi connectivity index (χ0n) is 14.0. The maximum absolute atomic E-state index is 12.5. The number of rotatable bonds is 4. The number of hydrogen-bond donors (Lipinski definition) is 2. The maximum Gasteiger partial charge on any atom is 0.270 e. The van der Waals surface area contributed by atoms with Gasteiger partial charge in [-0.15, -0.1) is 0 Å². The summed E-state index contributed by atoms with van der Waals surface area (Å²) in [6.45, 7) is 7.76. The van der Waals surface area contributed by atoms with Crippen LogP contribution in [0.2, 0.25) is 0 Å². The molecule has 0 saturated carbocycles. The van der Waals surface area contributed by atoms with E-state index in [1.807, 2.05) is 33.8 Å². The number of fused-ring (bicyclic) bond motifs is 1. The van der Waals surface area contributed by atoms with Crippen molar-refractivity contribution >= 4 is 11.6 Å². The lowest BCUT2D eigenvalue weighted by atomic mass is 9.88. The standard InChI is InChI=1S/C17H23N3O3/c1-11-5-6-14-18-8-13(16(23)20(14)9-11)15(22)19-12(10-21)7-17(2,3)4/h5-6,8-9,12,21H,7,10H2,1-4H3,(H,19,22). The van der Waals surface area contributed by atoms with Gasteiger partial charge in [-0.25, -0.2) is 4.98 Å². The number of aliphatic hydroxyl groups excluding tert-OH is 1. The van der Waals surface area contributed by atoms with Crippen molar-refractivity contribution < 1.29 is 9.90 Å². The van der Waals surface area contributed by atoms with E-state index in [9.17, 15) is 14.7 Å². The Hall–Kier alpha value is -2.21. The molecule has 0 aliphatic rings. The molecule has 6 nitrogen and oxygen atoms in total. The minimum absolute atomic E-state index is 0.0274. The Morgan fingerprint density at radius 3 is 2.70 bits per heavy atom. The number of hydrogen-bond acceptors (Lipinski definition) is 4. The molecule has 2 aromatic rings. The average molecular weight is 317 g/mol. The van der Waals surface area contributed by atoms with Gasteiger partial charge in [0, 0.05) is 12.4 Å². The molecule has 0 aliphatic heterocycles. The normalized spacial score (nSPS) is 13.1. The second-order valence-corrected chi connectivity index (χ2v) is 7.03. The average Bonchev–Trinajstić information content (AvgIpc) is 2.46. The predicted octanol–water partition coefficient (Wildman–Crippen LogP) is 1.53. The lowest BCUT2D eigenvalue weighted by Gasteiger charge is -2.25. The van der Waals surface area contributed by atoms with Crippen molar-refractivity contribution in [2.75, 3.05) is 6.61 Å². The Kier molecular flexibility index (Phi) is 4.85. The summed E-state index contributed by atoms with van der Waals surface area (Å²) >= 11 is 0. The molecule has 0 aromatic carbocycles. The van der Waals surface area contributed by atoms with E-state index in [2.05, 4.69) is 10.3 Å². The zero-order chi connectivity index (χ0) is 17.2. The van der Waals surface area contributed by atoms with Gasteiger partial charge in [-0.2, -0.15) is 0 Å². The second-order valence-electron chi connectivity index (χ2n) is 7.03. The Balaban J connectivity index is 2.31. The van der Waals surface area contributed by atoms with Crippen molar-refractivity contribution in [2.45, 2.75) is 40.2 Å². The Bertz CT molecular complexity index is 775. The van der Waals surface area contributed by atoms with Crippen LogP contribution in [0.25, 0.3) is 5.65 Å². The third kappa shape index (κ3) is 4.16. The minimum Gasteiger partial charge on any atom is -0.394 e. The lowest BCUT2D eigenvalue weighted by molar-refractivity contribution is 0.0895. The number of aliphatic hydroxyl groups is 1. The third-order valence-corrected chi connectivity index (χ3v) is 3.51. The Labute approximate surface area is 135 Å². The first kappa shape index (κ1) is 17.1. The highest BCUT2D eigenvalue weighted by Crippen LogP contribution is 2.20. The largest absolute Gasteiger partial charge is 0.394 e. The van der Waals surface area contributed by atoms with Gasteiger partial charge in [0.1, 0.15) is 11.2 Å². The van der Waals surface area contributed by atoms with E-state index in [-0.39, 0.29) is 17.6 Å². The van der Waals surface area contributed by atoms with Crippen molar-refractivity contribution in [1.82, 2.24) is 14.7 Å². The molecule has 2 N–H and O–H groups in total. The molecule has 1 amide bonds. The number of carbonyl (C=O) groups is 1. The van der Waals surface area contributed by atoms with Gasteiger partial charge in [0.2, 0.25) is 0 Å². The Morgan fingerprint density at radius 2 is 2.09 bits per heavy atom. The number of aromatic nitrogens is 2. The summed E-state index contributed by atoms with van der Waals surface area (Å²) in [5.74, 6) is -0.512. The number of aryl methyl sites for hydroxylation is 1. The summed E-state index contributed by atoms with van der Waals surface area (Å²) < 4.78 is 1.36. The fourth-order valence-electron chi connectivity index (χ4n) is 2.50. The number of pyridine rings is 1. The molecule has 0 saturated heterocycles. The van der Waals surface area contributed by atoms with Crippen molar-refractivity contribution in [3.05, 3.63) is 46.0 Å². The van der Waals surface area contributed by atoms with Gasteiger partial charge in [-0.3, -0.25) is 14.0 Å². The second kappa shape index (κ2) is 6.50. The van der Waals surface area contributed by atoms with Crippen molar-refractivity contribution in [1.29, 1.82) is 0 Å². The van der Waals surface area contributed by atoms with Gasteiger partial charge in [-0.05, 0) is 30.4 Å². The van der Waals surface area contributed by atoms with E-state index in [1.165, 1.54) is 10.6 Å². The smallest absolute Gasteiger partial charge is 0.270 e. The molecule has 124 valence electrons. The van der Waals surface area contributed by atoms with Gasteiger partial charge in [0.15, 0.2) is 0 Å². The summed E-state index contributed by atoms with van der Waals surface area (Å²) in [4.78, 5) is 29.0. The molecule has 1 unspecified atom stereocenters. The molecular formula is C17H23N3O3. The van der Waals surface area contributed by atoms with Crippen LogP contribution in [-0.4, -0.2) is 33.0 Å². The molecule has 6 heteroatoms. The molecule has 2 heterocycles. The highest BCUT2D eigenvalue weighted by atomic mass is 16.3. The van der Waals surface area contributed by atoms with E-state index in [4.69, 9.17) is 0 Å². The van der Waals surface area contributed by atoms with Crippen molar-refractivity contribution in [2.24, 2.45) is 5.41 Å². The molecule has 0 spiro atoms. The first-order chi connectivity index (χ1) is 10.7. The first-order valence-corrected chi connectivity index (χ1v) is 7.61. The van der Waals surface area contributed by atoms with Gasteiger partial charge >= 0.3 is 0 Å². The van der Waals surface area contributed by atoms with Crippen molar-refractivity contribution in [3.63, 3.8) is 0 Å². The van der Waals surface area contributed by atoms with E-state index in [1.54, 1.807) is 12.3 Å². The summed E-state index contributed by atoms with van der Waals surface area (Å²) in [5, 5.41) is 12.2. The van der Waals surface area contributed by atoms with Crippen LogP contribution < -0.4 is 10.9 Å². The summed E-state index contributed by atoms with van der Waals surface area (Å²) in [7, 11) is 0. The third-order valence-electron chi connectivity index (χ3n) is 3.51. The molecule has 2 rings (SSSR count). The first-order valence-electron chi connectivity index (χ1n) is 7.61.